The summed E-state index contributed by atoms with van der Waals surface area (Å²) in [5.41, 5.74) is 6.21. The van der Waals surface area contributed by atoms with Crippen molar-refractivity contribution in [2.75, 3.05) is 10.8 Å². The number of carbonyl (C=O) groups excluding carboxylic acids is 1. The van der Waals surface area contributed by atoms with Crippen molar-refractivity contribution in [3.8, 4) is 0 Å². The number of hydrazone groups is 1. The normalized spacial score (nSPS) is 11.8. The van der Waals surface area contributed by atoms with E-state index >= 15 is 0 Å². The van der Waals surface area contributed by atoms with Crippen LogP contribution in [0.4, 0.5) is 5.69 Å². The molecule has 0 aliphatic rings. The van der Waals surface area contributed by atoms with Crippen LogP contribution in [-0.4, -0.2) is 26.6 Å². The number of rotatable bonds is 7. The first-order chi connectivity index (χ1) is 15.2. The van der Waals surface area contributed by atoms with Crippen LogP contribution in [0, 0.1) is 17.4 Å². The van der Waals surface area contributed by atoms with Gasteiger partial charge in [-0.2, -0.15) is 5.10 Å². The van der Waals surface area contributed by atoms with E-state index in [9.17, 15) is 13.2 Å². The Balaban J connectivity index is 1.90. The van der Waals surface area contributed by atoms with Crippen molar-refractivity contribution < 1.29 is 13.2 Å². The molecule has 32 heavy (non-hydrogen) atoms. The van der Waals surface area contributed by atoms with Crippen molar-refractivity contribution in [2.45, 2.75) is 25.7 Å². The third-order valence-electron chi connectivity index (χ3n) is 4.83. The lowest BCUT2D eigenvalue weighted by atomic mass is 10.1. The number of nitrogens with one attached hydrogen (secondary N) is 1. The molecule has 0 radical (unpaired) electrons. The van der Waals surface area contributed by atoms with E-state index in [0.717, 1.165) is 24.6 Å². The summed E-state index contributed by atoms with van der Waals surface area (Å²) < 4.78 is 29.0. The summed E-state index contributed by atoms with van der Waals surface area (Å²) in [4.78, 5) is 12.9. The average Bonchev–Trinajstić information content (AvgIpc) is 2.77. The highest BCUT2D eigenvalue weighted by atomic mass is 127. The topological polar surface area (TPSA) is 78.8 Å². The molecule has 3 aromatic carbocycles. The van der Waals surface area contributed by atoms with E-state index in [-0.39, 0.29) is 4.90 Å². The Kier molecular flexibility index (Phi) is 7.68. The van der Waals surface area contributed by atoms with E-state index in [1.54, 1.807) is 31.2 Å². The molecule has 0 saturated heterocycles. The number of sulfonamides is 1. The Labute approximate surface area is 202 Å². The minimum absolute atomic E-state index is 0.117. The number of aryl methyl sites for hydroxylation is 2. The highest BCUT2D eigenvalue weighted by molar-refractivity contribution is 14.1. The molecule has 1 N–H and O–H groups in total. The van der Waals surface area contributed by atoms with Gasteiger partial charge < -0.3 is 0 Å². The molecule has 0 atom stereocenters. The van der Waals surface area contributed by atoms with Crippen molar-refractivity contribution >= 4 is 49.9 Å². The number of hydrogen-bond donors (Lipinski definition) is 1. The zero-order valence-electron chi connectivity index (χ0n) is 18.0. The highest BCUT2D eigenvalue weighted by Gasteiger charge is 2.28. The van der Waals surface area contributed by atoms with Crippen LogP contribution in [-0.2, 0) is 14.8 Å². The SMILES string of the molecule is C/C(=N\NC(=O)CN(c1ccc(C)cc1C)S(=O)(=O)c1ccccc1)c1cccc(I)c1. The van der Waals surface area contributed by atoms with Crippen molar-refractivity contribution in [3.63, 3.8) is 0 Å². The van der Waals surface area contributed by atoms with Crippen LogP contribution in [0.2, 0.25) is 0 Å². The van der Waals surface area contributed by atoms with Gasteiger partial charge in [-0.15, -0.1) is 0 Å². The standard InChI is InChI=1S/C24H24IN3O3S/c1-17-12-13-23(18(2)14-17)28(32(30,31)22-10-5-4-6-11-22)16-24(29)27-26-19(3)20-8-7-9-21(25)15-20/h4-15H,16H2,1-3H3,(H,27,29)/b26-19+. The molecule has 6 nitrogen and oxygen atoms in total. The fraction of sp³-hybridized carbons (Fsp3) is 0.167. The summed E-state index contributed by atoms with van der Waals surface area (Å²) >= 11 is 2.21. The van der Waals surface area contributed by atoms with E-state index in [1.165, 1.54) is 12.1 Å². The van der Waals surface area contributed by atoms with Crippen molar-refractivity contribution in [1.82, 2.24) is 5.43 Å². The molecule has 0 heterocycles. The molecule has 0 fully saturated rings. The maximum absolute atomic E-state index is 13.4. The number of carbonyl (C=O) groups is 1. The maximum Gasteiger partial charge on any atom is 0.264 e. The second-order valence-electron chi connectivity index (χ2n) is 7.36. The van der Waals surface area contributed by atoms with Gasteiger partial charge in [-0.25, -0.2) is 13.8 Å². The zero-order chi connectivity index (χ0) is 23.3. The molecular weight excluding hydrogens is 537 g/mol. The summed E-state index contributed by atoms with van der Waals surface area (Å²) in [6.07, 6.45) is 0. The van der Waals surface area contributed by atoms with Crippen LogP contribution >= 0.6 is 22.6 Å². The number of hydrogen-bond acceptors (Lipinski definition) is 4. The predicted octanol–water partition coefficient (Wildman–Crippen LogP) is 4.64. The molecule has 0 spiro atoms. The Morgan fingerprint density at radius 1 is 1.00 bits per heavy atom. The summed E-state index contributed by atoms with van der Waals surface area (Å²) in [6.45, 7) is 5.15. The van der Waals surface area contributed by atoms with E-state index in [2.05, 4.69) is 33.1 Å². The minimum atomic E-state index is -3.96. The van der Waals surface area contributed by atoms with E-state index < -0.39 is 22.5 Å². The quantitative estimate of drug-likeness (QED) is 0.259. The second-order valence-corrected chi connectivity index (χ2v) is 10.5. The van der Waals surface area contributed by atoms with E-state index in [4.69, 9.17) is 0 Å². The van der Waals surface area contributed by atoms with Crippen molar-refractivity contribution in [1.29, 1.82) is 0 Å². The van der Waals surface area contributed by atoms with Crippen LogP contribution in [0.15, 0.2) is 82.8 Å². The molecule has 3 aromatic rings. The Morgan fingerprint density at radius 2 is 1.72 bits per heavy atom. The first kappa shape index (κ1) is 23.9. The van der Waals surface area contributed by atoms with Gasteiger partial charge in [-0.1, -0.05) is 48.0 Å². The summed E-state index contributed by atoms with van der Waals surface area (Å²) in [5, 5.41) is 4.17. The summed E-state index contributed by atoms with van der Waals surface area (Å²) in [7, 11) is -3.96. The molecule has 0 bridgehead atoms. The van der Waals surface area contributed by atoms with Gasteiger partial charge in [-0.05, 0) is 84.8 Å². The smallest absolute Gasteiger partial charge is 0.264 e. The van der Waals surface area contributed by atoms with Gasteiger partial charge in [0.15, 0.2) is 0 Å². The number of amides is 1. The highest BCUT2D eigenvalue weighted by Crippen LogP contribution is 2.27. The van der Waals surface area contributed by atoms with Crippen LogP contribution in [0.3, 0.4) is 0 Å². The molecule has 0 aliphatic heterocycles. The first-order valence-corrected chi connectivity index (χ1v) is 12.4. The van der Waals surface area contributed by atoms with Gasteiger partial charge in [0.05, 0.1) is 16.3 Å². The summed E-state index contributed by atoms with van der Waals surface area (Å²) in [5.74, 6) is -0.533. The van der Waals surface area contributed by atoms with Crippen LogP contribution in [0.1, 0.15) is 23.6 Å². The second kappa shape index (κ2) is 10.3. The van der Waals surface area contributed by atoms with Crippen molar-refractivity contribution in [2.24, 2.45) is 5.10 Å². The fourth-order valence-electron chi connectivity index (χ4n) is 3.19. The lowest BCUT2D eigenvalue weighted by Crippen LogP contribution is -2.40. The molecule has 3 rings (SSSR count). The molecule has 0 aromatic heterocycles. The minimum Gasteiger partial charge on any atom is -0.271 e. The molecule has 0 aliphatic carbocycles. The molecular formula is C24H24IN3O3S. The average molecular weight is 561 g/mol. The Bertz CT molecular complexity index is 1260. The third-order valence-corrected chi connectivity index (χ3v) is 7.28. The molecule has 166 valence electrons. The molecule has 8 heteroatoms. The number of nitrogens with zero attached hydrogens (tertiary/aromatic N) is 2. The molecule has 0 saturated carbocycles. The lowest BCUT2D eigenvalue weighted by Gasteiger charge is -2.25. The fourth-order valence-corrected chi connectivity index (χ4v) is 5.24. The molecule has 0 unspecified atom stereocenters. The van der Waals surface area contributed by atoms with E-state index in [1.807, 2.05) is 50.2 Å². The zero-order valence-corrected chi connectivity index (χ0v) is 21.0. The Morgan fingerprint density at radius 3 is 2.38 bits per heavy atom. The van der Waals surface area contributed by atoms with Gasteiger partial charge in [-0.3, -0.25) is 9.10 Å². The number of anilines is 1. The number of halogens is 1. The van der Waals surface area contributed by atoms with Gasteiger partial charge in [0, 0.05) is 3.57 Å². The Hall–Kier alpha value is -2.72. The summed E-state index contributed by atoms with van der Waals surface area (Å²) in [6, 6.07) is 21.2. The third kappa shape index (κ3) is 5.74. The van der Waals surface area contributed by atoms with Gasteiger partial charge in [0.1, 0.15) is 6.54 Å². The monoisotopic (exact) mass is 561 g/mol. The van der Waals surface area contributed by atoms with E-state index in [0.29, 0.717) is 11.4 Å². The van der Waals surface area contributed by atoms with Gasteiger partial charge >= 0.3 is 0 Å². The van der Waals surface area contributed by atoms with Gasteiger partial charge in [0.2, 0.25) is 0 Å². The van der Waals surface area contributed by atoms with Crippen LogP contribution in [0.5, 0.6) is 0 Å². The predicted molar refractivity (Wildman–Crippen MR) is 136 cm³/mol. The van der Waals surface area contributed by atoms with Crippen LogP contribution in [0.25, 0.3) is 0 Å². The van der Waals surface area contributed by atoms with Crippen LogP contribution < -0.4 is 9.73 Å². The lowest BCUT2D eigenvalue weighted by molar-refractivity contribution is -0.119. The maximum atomic E-state index is 13.4. The number of benzene rings is 3. The molecule has 1 amide bonds. The first-order valence-electron chi connectivity index (χ1n) is 9.92. The van der Waals surface area contributed by atoms with Crippen molar-refractivity contribution in [3.05, 3.63) is 93.1 Å². The largest absolute Gasteiger partial charge is 0.271 e. The van der Waals surface area contributed by atoms with Gasteiger partial charge in [0.25, 0.3) is 15.9 Å².